The Balaban J connectivity index is 1.60. The third-order valence-corrected chi connectivity index (χ3v) is 9.52. The largest absolute Gasteiger partial charge is 0.381 e. The van der Waals surface area contributed by atoms with E-state index in [0.29, 0.717) is 24.7 Å². The number of carbonyl (C=O) groups excluding carboxylic acids is 2. The van der Waals surface area contributed by atoms with Gasteiger partial charge in [-0.2, -0.15) is 8.42 Å². The van der Waals surface area contributed by atoms with Crippen LogP contribution in [0.3, 0.4) is 0 Å². The number of hydrogen-bond acceptors (Lipinski definition) is 6. The molecule has 0 aromatic carbocycles. The van der Waals surface area contributed by atoms with Crippen molar-refractivity contribution < 1.29 is 27.3 Å². The number of aliphatic hydroxyl groups is 1. The van der Waals surface area contributed by atoms with E-state index in [1.54, 1.807) is 0 Å². The fraction of sp³-hybridized carbons (Fsp3) is 0.818. The number of fused-ring (bicyclic) bond motifs is 5. The van der Waals surface area contributed by atoms with Gasteiger partial charge in [-0.3, -0.25) is 13.8 Å². The number of rotatable bonds is 4. The molecule has 7 heteroatoms. The van der Waals surface area contributed by atoms with Crippen LogP contribution in [0.4, 0.5) is 0 Å². The molecule has 3 fully saturated rings. The van der Waals surface area contributed by atoms with E-state index >= 15 is 0 Å². The molecule has 0 radical (unpaired) electrons. The van der Waals surface area contributed by atoms with Gasteiger partial charge in [-0.1, -0.05) is 19.4 Å². The number of carbonyl (C=O) groups is 2. The Morgan fingerprint density at radius 1 is 1.14 bits per heavy atom. The summed E-state index contributed by atoms with van der Waals surface area (Å²) in [6, 6.07) is 0. The summed E-state index contributed by atoms with van der Waals surface area (Å²) in [5.74, 6) is 0.838. The first kappa shape index (κ1) is 21.2. The maximum atomic E-state index is 12.9. The number of allylic oxidation sites excluding steroid dienone is 1. The summed E-state index contributed by atoms with van der Waals surface area (Å²) in [6.07, 6.45) is 8.99. The van der Waals surface area contributed by atoms with E-state index in [0.717, 1.165) is 44.8 Å². The SMILES string of the molecule is C[C@]12CCC(=O)C=C1CCC1C2CC[C@@]2(C)C1CC[C@]2(O)C(=O)COS(C)(=O)=O. The van der Waals surface area contributed by atoms with Crippen molar-refractivity contribution in [3.8, 4) is 0 Å². The van der Waals surface area contributed by atoms with Crippen LogP contribution in [0.25, 0.3) is 0 Å². The zero-order chi connectivity index (χ0) is 21.2. The van der Waals surface area contributed by atoms with Crippen molar-refractivity contribution in [2.45, 2.75) is 70.8 Å². The monoisotopic (exact) mass is 424 g/mol. The lowest BCUT2D eigenvalue weighted by atomic mass is 9.46. The van der Waals surface area contributed by atoms with Gasteiger partial charge in [0.1, 0.15) is 12.2 Å². The maximum absolute atomic E-state index is 12.9. The highest BCUT2D eigenvalue weighted by Crippen LogP contribution is 2.67. The molecule has 0 aromatic heterocycles. The first-order chi connectivity index (χ1) is 13.4. The predicted molar refractivity (Wildman–Crippen MR) is 107 cm³/mol. The highest BCUT2D eigenvalue weighted by molar-refractivity contribution is 7.86. The molecule has 4 rings (SSSR count). The molecule has 0 spiro atoms. The second-order valence-electron chi connectivity index (χ2n) is 10.2. The van der Waals surface area contributed by atoms with Crippen molar-refractivity contribution in [1.82, 2.24) is 0 Å². The molecule has 3 saturated carbocycles. The molecule has 6 nitrogen and oxygen atoms in total. The summed E-state index contributed by atoms with van der Waals surface area (Å²) in [7, 11) is -3.74. The van der Waals surface area contributed by atoms with Crippen LogP contribution >= 0.6 is 0 Å². The fourth-order valence-electron chi connectivity index (χ4n) is 7.31. The summed E-state index contributed by atoms with van der Waals surface area (Å²) < 4.78 is 27.3. The smallest absolute Gasteiger partial charge is 0.264 e. The van der Waals surface area contributed by atoms with Gasteiger partial charge in [-0.15, -0.1) is 0 Å². The van der Waals surface area contributed by atoms with Crippen LogP contribution in [-0.4, -0.2) is 43.6 Å². The molecule has 3 unspecified atom stereocenters. The Morgan fingerprint density at radius 3 is 2.52 bits per heavy atom. The van der Waals surface area contributed by atoms with Crippen LogP contribution in [0, 0.1) is 28.6 Å². The number of hydrogen-bond donors (Lipinski definition) is 1. The van der Waals surface area contributed by atoms with E-state index < -0.39 is 33.5 Å². The van der Waals surface area contributed by atoms with Gasteiger partial charge in [0, 0.05) is 11.8 Å². The first-order valence-electron chi connectivity index (χ1n) is 10.7. The van der Waals surface area contributed by atoms with E-state index in [9.17, 15) is 23.1 Å². The number of ketones is 2. The lowest BCUT2D eigenvalue weighted by molar-refractivity contribution is -0.164. The third kappa shape index (κ3) is 3.15. The summed E-state index contributed by atoms with van der Waals surface area (Å²) in [4.78, 5) is 24.8. The van der Waals surface area contributed by atoms with E-state index in [1.807, 2.05) is 13.0 Å². The van der Waals surface area contributed by atoms with E-state index in [4.69, 9.17) is 4.18 Å². The zero-order valence-electron chi connectivity index (χ0n) is 17.6. The van der Waals surface area contributed by atoms with Crippen molar-refractivity contribution in [1.29, 1.82) is 0 Å². The first-order valence-corrected chi connectivity index (χ1v) is 12.6. The van der Waals surface area contributed by atoms with Crippen molar-refractivity contribution >= 4 is 21.7 Å². The van der Waals surface area contributed by atoms with E-state index in [-0.39, 0.29) is 17.1 Å². The Kier molecular flexibility index (Phi) is 4.91. The van der Waals surface area contributed by atoms with Crippen LogP contribution in [0.1, 0.15) is 65.2 Å². The predicted octanol–water partition coefficient (Wildman–Crippen LogP) is 2.79. The van der Waals surface area contributed by atoms with Crippen molar-refractivity contribution in [3.63, 3.8) is 0 Å². The van der Waals surface area contributed by atoms with Crippen LogP contribution in [0.15, 0.2) is 11.6 Å². The summed E-state index contributed by atoms with van der Waals surface area (Å²) in [5, 5.41) is 11.5. The molecule has 1 N–H and O–H groups in total. The third-order valence-electron chi connectivity index (χ3n) is 8.98. The molecule has 0 amide bonds. The Hall–Kier alpha value is -1.05. The molecule has 0 aromatic rings. The molecule has 0 bridgehead atoms. The van der Waals surface area contributed by atoms with Crippen LogP contribution in [0.5, 0.6) is 0 Å². The van der Waals surface area contributed by atoms with E-state index in [2.05, 4.69) is 6.92 Å². The molecule has 4 aliphatic rings. The van der Waals surface area contributed by atoms with Gasteiger partial charge in [0.25, 0.3) is 10.1 Å². The quantitative estimate of drug-likeness (QED) is 0.697. The lowest BCUT2D eigenvalue weighted by Crippen LogP contribution is -2.58. The molecule has 4 aliphatic carbocycles. The van der Waals surface area contributed by atoms with Gasteiger partial charge in [-0.25, -0.2) is 0 Å². The van der Waals surface area contributed by atoms with Gasteiger partial charge in [-0.05, 0) is 74.2 Å². The van der Waals surface area contributed by atoms with Crippen LogP contribution in [0.2, 0.25) is 0 Å². The minimum absolute atomic E-state index is 0.0439. The Morgan fingerprint density at radius 2 is 1.83 bits per heavy atom. The van der Waals surface area contributed by atoms with Gasteiger partial charge >= 0.3 is 0 Å². The summed E-state index contributed by atoms with van der Waals surface area (Å²) >= 11 is 0. The summed E-state index contributed by atoms with van der Waals surface area (Å²) in [5.41, 5.74) is -0.756. The molecular formula is C22H32O6S. The van der Waals surface area contributed by atoms with Crippen molar-refractivity contribution in [3.05, 3.63) is 11.6 Å². The normalized spacial score (nSPS) is 44.5. The average Bonchev–Trinajstić information content (AvgIpc) is 2.92. The van der Waals surface area contributed by atoms with Crippen molar-refractivity contribution in [2.75, 3.05) is 12.9 Å². The zero-order valence-corrected chi connectivity index (χ0v) is 18.4. The molecule has 29 heavy (non-hydrogen) atoms. The average molecular weight is 425 g/mol. The topological polar surface area (TPSA) is 97.7 Å². The minimum Gasteiger partial charge on any atom is -0.381 e. The second kappa shape index (κ2) is 6.72. The molecule has 6 atom stereocenters. The molecule has 0 heterocycles. The molecule has 162 valence electrons. The lowest BCUT2D eigenvalue weighted by Gasteiger charge is -2.58. The molecule has 0 aliphatic heterocycles. The molecular weight excluding hydrogens is 392 g/mol. The minimum atomic E-state index is -3.74. The standard InChI is InChI=1S/C22H32O6S/c1-20-9-6-15(23)12-14(20)4-5-16-17(20)7-10-21(2)18(16)8-11-22(21,25)19(24)13-28-29(3,26)27/h12,16-18,25H,4-11,13H2,1-3H3/t16?,17?,18?,20-,21-,22-/m0/s1. The van der Waals surface area contributed by atoms with Crippen molar-refractivity contribution in [2.24, 2.45) is 28.6 Å². The Labute approximate surface area is 173 Å². The fourth-order valence-corrected chi connectivity index (χ4v) is 7.63. The van der Waals surface area contributed by atoms with Gasteiger partial charge in [0.15, 0.2) is 11.6 Å². The van der Waals surface area contributed by atoms with Gasteiger partial charge < -0.3 is 5.11 Å². The maximum Gasteiger partial charge on any atom is 0.264 e. The second-order valence-corrected chi connectivity index (χ2v) is 11.9. The Bertz CT molecular complexity index is 876. The van der Waals surface area contributed by atoms with Crippen LogP contribution < -0.4 is 0 Å². The highest BCUT2D eigenvalue weighted by atomic mass is 32.2. The highest BCUT2D eigenvalue weighted by Gasteiger charge is 2.66. The van der Waals surface area contributed by atoms with Crippen LogP contribution in [-0.2, 0) is 23.9 Å². The van der Waals surface area contributed by atoms with Gasteiger partial charge in [0.2, 0.25) is 0 Å². The van der Waals surface area contributed by atoms with E-state index in [1.165, 1.54) is 5.57 Å². The van der Waals surface area contributed by atoms with Gasteiger partial charge in [0.05, 0.1) is 6.26 Å². The molecule has 0 saturated heterocycles. The summed E-state index contributed by atoms with van der Waals surface area (Å²) in [6.45, 7) is 3.72. The number of Topliss-reactive ketones (excluding diaryl/α,β-unsaturated/α-hetero) is 1.